The summed E-state index contributed by atoms with van der Waals surface area (Å²) in [6, 6.07) is 17.5. The van der Waals surface area contributed by atoms with Crippen LogP contribution in [0.25, 0.3) is 33.8 Å². The minimum Gasteiger partial charge on any atom is -0.493 e. The molecule has 0 radical (unpaired) electrons. The van der Waals surface area contributed by atoms with Gasteiger partial charge in [-0.2, -0.15) is 0 Å². The van der Waals surface area contributed by atoms with Gasteiger partial charge in [0.25, 0.3) is 0 Å². The summed E-state index contributed by atoms with van der Waals surface area (Å²) < 4.78 is 9.08. The lowest BCUT2D eigenvalue weighted by Crippen LogP contribution is -1.97. The predicted molar refractivity (Wildman–Crippen MR) is 116 cm³/mol. The van der Waals surface area contributed by atoms with Crippen LogP contribution >= 0.6 is 0 Å². The number of rotatable bonds is 4. The quantitative estimate of drug-likeness (QED) is 0.462. The molecule has 0 atom stereocenters. The number of aromatic hydroxyl groups is 1. The van der Waals surface area contributed by atoms with E-state index in [1.807, 2.05) is 77.6 Å². The topological polar surface area (TPSA) is 80.9 Å². The molecule has 0 aliphatic carbocycles. The highest BCUT2D eigenvalue weighted by molar-refractivity contribution is 5.78. The van der Waals surface area contributed by atoms with Crippen molar-refractivity contribution in [3.8, 4) is 28.4 Å². The van der Waals surface area contributed by atoms with E-state index in [4.69, 9.17) is 14.4 Å². The van der Waals surface area contributed by atoms with Crippen LogP contribution in [-0.4, -0.2) is 28.9 Å². The highest BCUT2D eigenvalue weighted by atomic mass is 16.3. The zero-order valence-corrected chi connectivity index (χ0v) is 16.4. The maximum absolute atomic E-state index is 11.0. The summed E-state index contributed by atoms with van der Waals surface area (Å²) in [4.78, 5) is 14.0. The van der Waals surface area contributed by atoms with Gasteiger partial charge in [0.15, 0.2) is 5.65 Å². The van der Waals surface area contributed by atoms with Gasteiger partial charge < -0.3 is 13.9 Å². The van der Waals surface area contributed by atoms with Crippen molar-refractivity contribution >= 4 is 11.3 Å². The average molecular weight is 407 g/mol. The Morgan fingerprint density at radius 3 is 2.65 bits per heavy atom. The molecule has 0 aliphatic rings. The lowest BCUT2D eigenvalue weighted by Gasteiger charge is -2.09. The minimum atomic E-state index is 0.0796. The van der Waals surface area contributed by atoms with Gasteiger partial charge in [-0.15, -0.1) is 0 Å². The Bertz CT molecular complexity index is 1510. The molecule has 0 aliphatic heterocycles. The highest BCUT2D eigenvalue weighted by Crippen LogP contribution is 2.31. The minimum absolute atomic E-state index is 0.0796. The van der Waals surface area contributed by atoms with Crippen LogP contribution in [-0.2, 0) is 6.42 Å². The number of aromatic nitrogens is 5. The Labute approximate surface area is 176 Å². The van der Waals surface area contributed by atoms with Crippen LogP contribution in [0.4, 0.5) is 0 Å². The van der Waals surface area contributed by atoms with Crippen molar-refractivity contribution < 1.29 is 9.52 Å². The molecule has 0 saturated heterocycles. The third-order valence-electron chi connectivity index (χ3n) is 5.30. The highest BCUT2D eigenvalue weighted by Gasteiger charge is 2.19. The molecule has 150 valence electrons. The van der Waals surface area contributed by atoms with Gasteiger partial charge in [0.1, 0.15) is 22.8 Å². The lowest BCUT2D eigenvalue weighted by molar-refractivity contribution is 0.438. The molecular formula is C24H17N5O2. The van der Waals surface area contributed by atoms with Crippen LogP contribution in [0.1, 0.15) is 11.5 Å². The predicted octanol–water partition coefficient (Wildman–Crippen LogP) is 4.60. The van der Waals surface area contributed by atoms with Crippen molar-refractivity contribution in [2.45, 2.75) is 6.42 Å². The monoisotopic (exact) mass is 407 g/mol. The van der Waals surface area contributed by atoms with Crippen LogP contribution in [0.5, 0.6) is 5.88 Å². The van der Waals surface area contributed by atoms with Crippen molar-refractivity contribution in [2.75, 3.05) is 0 Å². The van der Waals surface area contributed by atoms with Crippen LogP contribution < -0.4 is 0 Å². The van der Waals surface area contributed by atoms with Crippen molar-refractivity contribution in [3.05, 3.63) is 97.1 Å². The van der Waals surface area contributed by atoms with Crippen molar-refractivity contribution in [1.29, 1.82) is 0 Å². The molecule has 6 rings (SSSR count). The Morgan fingerprint density at radius 2 is 1.81 bits per heavy atom. The standard InChI is InChI=1S/C24H17N5O2/c30-24-19(13-18-7-4-12-31-18)27-23-22(17-8-9-21-25-10-11-28(21)14-17)26-20(15-29(23)24)16-5-2-1-3-6-16/h1-12,14-15,30H,13H2. The smallest absolute Gasteiger partial charge is 0.219 e. The lowest BCUT2D eigenvalue weighted by atomic mass is 10.1. The molecule has 1 aromatic carbocycles. The van der Waals surface area contributed by atoms with Crippen molar-refractivity contribution in [2.24, 2.45) is 0 Å². The van der Waals surface area contributed by atoms with E-state index in [1.54, 1.807) is 16.9 Å². The molecule has 31 heavy (non-hydrogen) atoms. The average Bonchev–Trinajstić information content (AvgIpc) is 3.55. The number of imidazole rings is 2. The van der Waals surface area contributed by atoms with E-state index in [9.17, 15) is 5.11 Å². The molecule has 0 amide bonds. The van der Waals surface area contributed by atoms with E-state index in [0.29, 0.717) is 23.5 Å². The van der Waals surface area contributed by atoms with Crippen molar-refractivity contribution in [1.82, 2.24) is 23.8 Å². The van der Waals surface area contributed by atoms with Gasteiger partial charge in [0.2, 0.25) is 5.88 Å². The second kappa shape index (κ2) is 6.84. The number of fused-ring (bicyclic) bond motifs is 2. The fourth-order valence-electron chi connectivity index (χ4n) is 3.78. The molecule has 0 bridgehead atoms. The Hall–Kier alpha value is -4.39. The number of nitrogens with zero attached hydrogens (tertiary/aromatic N) is 5. The molecule has 7 nitrogen and oxygen atoms in total. The summed E-state index contributed by atoms with van der Waals surface area (Å²) in [5, 5.41) is 11.0. The summed E-state index contributed by atoms with van der Waals surface area (Å²) >= 11 is 0. The van der Waals surface area contributed by atoms with E-state index in [2.05, 4.69) is 4.98 Å². The largest absolute Gasteiger partial charge is 0.493 e. The van der Waals surface area contributed by atoms with Gasteiger partial charge >= 0.3 is 0 Å². The number of hydrogen-bond donors (Lipinski definition) is 1. The normalized spacial score (nSPS) is 11.5. The molecule has 0 saturated carbocycles. The second-order valence-electron chi connectivity index (χ2n) is 7.28. The molecule has 1 N–H and O–H groups in total. The fourth-order valence-corrected chi connectivity index (χ4v) is 3.78. The maximum atomic E-state index is 11.0. The number of pyridine rings is 1. The van der Waals surface area contributed by atoms with Gasteiger partial charge in [0, 0.05) is 35.9 Å². The number of benzene rings is 1. The molecule has 5 aromatic heterocycles. The number of furan rings is 1. The Balaban J connectivity index is 1.60. The van der Waals surface area contributed by atoms with E-state index >= 15 is 0 Å². The van der Waals surface area contributed by atoms with Gasteiger partial charge in [-0.3, -0.25) is 4.40 Å². The van der Waals surface area contributed by atoms with Gasteiger partial charge in [-0.25, -0.2) is 15.0 Å². The molecule has 0 spiro atoms. The summed E-state index contributed by atoms with van der Waals surface area (Å²) in [5.74, 6) is 0.812. The van der Waals surface area contributed by atoms with Gasteiger partial charge in [-0.05, 0) is 24.3 Å². The summed E-state index contributed by atoms with van der Waals surface area (Å²) in [7, 11) is 0. The summed E-state index contributed by atoms with van der Waals surface area (Å²) in [6.07, 6.45) is 9.44. The third-order valence-corrected chi connectivity index (χ3v) is 5.30. The summed E-state index contributed by atoms with van der Waals surface area (Å²) in [5.41, 5.74) is 5.22. The van der Waals surface area contributed by atoms with Gasteiger partial charge in [-0.1, -0.05) is 30.3 Å². The maximum Gasteiger partial charge on any atom is 0.219 e. The van der Waals surface area contributed by atoms with Crippen LogP contribution in [0, 0.1) is 0 Å². The third kappa shape index (κ3) is 2.95. The number of hydrogen-bond acceptors (Lipinski definition) is 5. The van der Waals surface area contributed by atoms with Crippen molar-refractivity contribution in [3.63, 3.8) is 0 Å². The molecule has 0 fully saturated rings. The molecule has 6 aromatic rings. The van der Waals surface area contributed by atoms with Crippen LogP contribution in [0.2, 0.25) is 0 Å². The first-order valence-corrected chi connectivity index (χ1v) is 9.88. The zero-order valence-electron chi connectivity index (χ0n) is 16.4. The Morgan fingerprint density at radius 1 is 0.903 bits per heavy atom. The first-order valence-electron chi connectivity index (χ1n) is 9.88. The van der Waals surface area contributed by atoms with E-state index in [1.165, 1.54) is 0 Å². The molecule has 0 unspecified atom stereocenters. The molecule has 5 heterocycles. The van der Waals surface area contributed by atoms with Crippen LogP contribution in [0.15, 0.2) is 90.1 Å². The van der Waals surface area contributed by atoms with Gasteiger partial charge in [0.05, 0.1) is 18.4 Å². The zero-order chi connectivity index (χ0) is 20.8. The van der Waals surface area contributed by atoms with Crippen LogP contribution in [0.3, 0.4) is 0 Å². The summed E-state index contributed by atoms with van der Waals surface area (Å²) in [6.45, 7) is 0. The SMILES string of the molecule is Oc1c(Cc2ccco2)nc2c(-c3ccc4nccn4c3)nc(-c3ccccc3)cn12. The fraction of sp³-hybridized carbons (Fsp3) is 0.0417. The second-order valence-corrected chi connectivity index (χ2v) is 7.28. The van der Waals surface area contributed by atoms with E-state index in [0.717, 1.165) is 28.2 Å². The van der Waals surface area contributed by atoms with E-state index in [-0.39, 0.29) is 5.88 Å². The first-order chi connectivity index (χ1) is 15.3. The Kier molecular flexibility index (Phi) is 3.86. The van der Waals surface area contributed by atoms with E-state index < -0.39 is 0 Å². The molecule has 7 heteroatoms. The molecular weight excluding hydrogens is 390 g/mol. The first kappa shape index (κ1) is 17.5.